The SMILES string of the molecule is CCCCCCCOc1ccc(-c2cnc(-c3ccc(C[C@H](CC(=O)c4ccc(C(C)(C)C)s4)C(=O)N(C)CC4CCN(CCOC)CC4)cc3)nc2)cc1. The Kier molecular flexibility index (Phi) is 16.0. The molecule has 2 aromatic carbocycles. The first-order valence-corrected chi connectivity index (χ1v) is 21.1. The molecule has 1 atom stereocenters. The number of piperidine rings is 1. The van der Waals surface area contributed by atoms with E-state index in [0.29, 0.717) is 24.7 Å². The Morgan fingerprint density at radius 3 is 2.18 bits per heavy atom. The van der Waals surface area contributed by atoms with Gasteiger partial charge in [0.15, 0.2) is 11.6 Å². The molecule has 1 fully saturated rings. The smallest absolute Gasteiger partial charge is 0.226 e. The zero-order valence-electron chi connectivity index (χ0n) is 34.0. The number of benzene rings is 2. The first-order chi connectivity index (χ1) is 26.5. The molecule has 0 N–H and O–H groups in total. The molecule has 296 valence electrons. The van der Waals surface area contributed by atoms with Crippen LogP contribution in [0, 0.1) is 11.8 Å². The molecule has 0 saturated carbocycles. The maximum atomic E-state index is 14.1. The Morgan fingerprint density at radius 2 is 1.55 bits per heavy atom. The van der Waals surface area contributed by atoms with Gasteiger partial charge < -0.3 is 19.3 Å². The number of unbranched alkanes of at least 4 members (excludes halogenated alkanes) is 4. The van der Waals surface area contributed by atoms with Crippen LogP contribution in [0.2, 0.25) is 0 Å². The molecule has 8 nitrogen and oxygen atoms in total. The highest BCUT2D eigenvalue weighted by molar-refractivity contribution is 7.14. The van der Waals surface area contributed by atoms with E-state index in [4.69, 9.17) is 9.47 Å². The Hall–Kier alpha value is -3.92. The van der Waals surface area contributed by atoms with Crippen molar-refractivity contribution in [1.29, 1.82) is 0 Å². The fourth-order valence-corrected chi connectivity index (χ4v) is 8.22. The molecule has 0 radical (unpaired) electrons. The maximum absolute atomic E-state index is 14.1. The van der Waals surface area contributed by atoms with E-state index in [2.05, 4.69) is 60.8 Å². The first-order valence-electron chi connectivity index (χ1n) is 20.3. The molecule has 1 saturated heterocycles. The van der Waals surface area contributed by atoms with Crippen LogP contribution in [0.1, 0.15) is 99.2 Å². The first kappa shape index (κ1) is 42.2. The normalized spacial score (nSPS) is 14.5. The van der Waals surface area contributed by atoms with Crippen molar-refractivity contribution in [2.24, 2.45) is 11.8 Å². The van der Waals surface area contributed by atoms with Crippen molar-refractivity contribution in [1.82, 2.24) is 19.8 Å². The van der Waals surface area contributed by atoms with E-state index in [0.717, 1.165) is 85.0 Å². The Labute approximate surface area is 333 Å². The summed E-state index contributed by atoms with van der Waals surface area (Å²) < 4.78 is 11.2. The van der Waals surface area contributed by atoms with E-state index in [9.17, 15) is 9.59 Å². The van der Waals surface area contributed by atoms with E-state index >= 15 is 0 Å². The van der Waals surface area contributed by atoms with Gasteiger partial charge in [0.2, 0.25) is 5.91 Å². The van der Waals surface area contributed by atoms with Crippen LogP contribution in [0.25, 0.3) is 22.5 Å². The van der Waals surface area contributed by atoms with Gasteiger partial charge in [0.25, 0.3) is 0 Å². The predicted octanol–water partition coefficient (Wildman–Crippen LogP) is 9.77. The summed E-state index contributed by atoms with van der Waals surface area (Å²) in [7, 11) is 3.65. The second kappa shape index (κ2) is 20.8. The van der Waals surface area contributed by atoms with Crippen LogP contribution in [0.5, 0.6) is 5.75 Å². The largest absolute Gasteiger partial charge is 0.494 e. The number of rotatable bonds is 20. The second-order valence-electron chi connectivity index (χ2n) is 16.2. The second-order valence-corrected chi connectivity index (χ2v) is 17.3. The summed E-state index contributed by atoms with van der Waals surface area (Å²) in [4.78, 5) is 43.4. The van der Waals surface area contributed by atoms with Crippen molar-refractivity contribution < 1.29 is 19.1 Å². The third-order valence-corrected chi connectivity index (χ3v) is 12.2. The number of methoxy groups -OCH3 is 1. The van der Waals surface area contributed by atoms with Crippen molar-refractivity contribution in [2.75, 3.05) is 53.6 Å². The number of ether oxygens (including phenoxy) is 2. The number of hydrogen-bond acceptors (Lipinski definition) is 8. The molecular formula is C46H62N4O4S. The van der Waals surface area contributed by atoms with E-state index in [-0.39, 0.29) is 23.5 Å². The summed E-state index contributed by atoms with van der Waals surface area (Å²) in [5.41, 5.74) is 3.86. The van der Waals surface area contributed by atoms with Crippen LogP contribution < -0.4 is 4.74 Å². The van der Waals surface area contributed by atoms with E-state index in [1.165, 1.54) is 30.6 Å². The molecular weight excluding hydrogens is 705 g/mol. The summed E-state index contributed by atoms with van der Waals surface area (Å²) in [6.07, 6.45) is 12.6. The molecule has 9 heteroatoms. The van der Waals surface area contributed by atoms with E-state index in [1.54, 1.807) is 18.4 Å². The molecule has 3 heterocycles. The molecule has 1 aliphatic heterocycles. The standard InChI is InChI=1S/C46H62N4O4S/c1-7-8-9-10-11-27-54-40-18-16-36(17-19-40)39-31-47-44(48-32-39)37-14-12-34(13-15-37)29-38(30-41(51)42-20-21-43(55-42)46(2,3)4)45(52)49(5)33-35-22-24-50(25-23-35)26-28-53-6/h12-21,31-32,35,38H,7-11,22-30,33H2,1-6H3/t38-/m1/s1. The van der Waals surface area contributed by atoms with Gasteiger partial charge in [-0.3, -0.25) is 9.59 Å². The molecule has 55 heavy (non-hydrogen) atoms. The molecule has 0 aliphatic carbocycles. The molecule has 0 bridgehead atoms. The number of Topliss-reactive ketones (excluding diaryl/α,β-unsaturated/α-hetero) is 1. The molecule has 2 aromatic heterocycles. The van der Waals surface area contributed by atoms with Crippen LogP contribution in [0.3, 0.4) is 0 Å². The third-order valence-electron chi connectivity index (χ3n) is 10.7. The maximum Gasteiger partial charge on any atom is 0.226 e. The summed E-state index contributed by atoms with van der Waals surface area (Å²) in [6, 6.07) is 20.2. The van der Waals surface area contributed by atoms with Gasteiger partial charge in [-0.15, -0.1) is 11.3 Å². The average molecular weight is 767 g/mol. The Morgan fingerprint density at radius 1 is 0.873 bits per heavy atom. The van der Waals surface area contributed by atoms with Gasteiger partial charge in [-0.25, -0.2) is 9.97 Å². The van der Waals surface area contributed by atoms with Gasteiger partial charge >= 0.3 is 0 Å². The number of hydrogen-bond donors (Lipinski definition) is 0. The molecule has 0 unspecified atom stereocenters. The van der Waals surface area contributed by atoms with Crippen LogP contribution >= 0.6 is 11.3 Å². The zero-order chi connectivity index (χ0) is 39.2. The van der Waals surface area contributed by atoms with Crippen molar-refractivity contribution in [3.8, 4) is 28.3 Å². The predicted molar refractivity (Wildman–Crippen MR) is 225 cm³/mol. The number of aromatic nitrogens is 2. The van der Waals surface area contributed by atoms with Gasteiger partial charge in [0, 0.05) is 68.0 Å². The highest BCUT2D eigenvalue weighted by Crippen LogP contribution is 2.32. The van der Waals surface area contributed by atoms with Gasteiger partial charge in [-0.05, 0) is 85.5 Å². The number of carbonyl (C=O) groups is 2. The monoisotopic (exact) mass is 766 g/mol. The van der Waals surface area contributed by atoms with Crippen molar-refractivity contribution in [3.63, 3.8) is 0 Å². The van der Waals surface area contributed by atoms with Crippen LogP contribution in [-0.4, -0.2) is 85.0 Å². The third kappa shape index (κ3) is 12.8. The van der Waals surface area contributed by atoms with Gasteiger partial charge in [0.1, 0.15) is 5.75 Å². The van der Waals surface area contributed by atoms with Crippen molar-refractivity contribution in [2.45, 2.75) is 90.9 Å². The number of likely N-dealkylation sites (tertiary alicyclic amines) is 1. The lowest BCUT2D eigenvalue weighted by Gasteiger charge is -2.34. The van der Waals surface area contributed by atoms with E-state index < -0.39 is 5.92 Å². The molecule has 5 rings (SSSR count). The number of amides is 1. The van der Waals surface area contributed by atoms with Crippen LogP contribution in [-0.2, 0) is 21.4 Å². The quantitative estimate of drug-likeness (QED) is 0.0654. The summed E-state index contributed by atoms with van der Waals surface area (Å²) in [6.45, 7) is 13.9. The fourth-order valence-electron chi connectivity index (χ4n) is 7.20. The average Bonchev–Trinajstić information content (AvgIpc) is 3.71. The minimum Gasteiger partial charge on any atom is -0.494 e. The number of carbonyl (C=O) groups excluding carboxylic acids is 2. The topological polar surface area (TPSA) is 84.9 Å². The molecule has 1 aliphatic rings. The van der Waals surface area contributed by atoms with Gasteiger partial charge in [-0.1, -0.05) is 89.8 Å². The lowest BCUT2D eigenvalue weighted by Crippen LogP contribution is -2.42. The van der Waals surface area contributed by atoms with Crippen LogP contribution in [0.15, 0.2) is 73.1 Å². The minimum absolute atomic E-state index is 0.0305. The zero-order valence-corrected chi connectivity index (χ0v) is 34.8. The minimum atomic E-state index is -0.455. The summed E-state index contributed by atoms with van der Waals surface area (Å²) in [5, 5.41) is 0. The molecule has 4 aromatic rings. The van der Waals surface area contributed by atoms with Crippen molar-refractivity contribution in [3.05, 3.63) is 88.4 Å². The van der Waals surface area contributed by atoms with E-state index in [1.807, 2.05) is 66.8 Å². The lowest BCUT2D eigenvalue weighted by atomic mass is 9.91. The molecule has 1 amide bonds. The summed E-state index contributed by atoms with van der Waals surface area (Å²) in [5.74, 6) is 1.58. The van der Waals surface area contributed by atoms with Crippen molar-refractivity contribution >= 4 is 23.0 Å². The lowest BCUT2D eigenvalue weighted by molar-refractivity contribution is -0.135. The summed E-state index contributed by atoms with van der Waals surface area (Å²) >= 11 is 1.55. The fraction of sp³-hybridized carbons (Fsp3) is 0.522. The Balaban J connectivity index is 1.22. The van der Waals surface area contributed by atoms with Gasteiger partial charge in [0.05, 0.1) is 18.1 Å². The number of thiophene rings is 1. The highest BCUT2D eigenvalue weighted by Gasteiger charge is 2.29. The highest BCUT2D eigenvalue weighted by atomic mass is 32.1. The number of ketones is 1. The Bertz CT molecular complexity index is 1760. The van der Waals surface area contributed by atoms with Gasteiger partial charge in [-0.2, -0.15) is 0 Å². The molecule has 0 spiro atoms. The van der Waals surface area contributed by atoms with Crippen LogP contribution in [0.4, 0.5) is 0 Å². The number of nitrogens with zero attached hydrogens (tertiary/aromatic N) is 4.